The van der Waals surface area contributed by atoms with Crippen molar-refractivity contribution in [2.24, 2.45) is 0 Å². The molecule has 1 aliphatic rings. The standard InChI is InChI=1S/C18H16Br2O5/c1-22-12-5-3-10(7-14(12)23-2)16(19)17(20)18(21)11-4-6-13-15(8-11)25-9-24-13/h3-8,16-17H,9H2,1-2H3/t16-,17-/m0/s1. The van der Waals surface area contributed by atoms with Crippen molar-refractivity contribution >= 4 is 37.6 Å². The van der Waals surface area contributed by atoms with E-state index in [0.29, 0.717) is 28.6 Å². The molecule has 0 radical (unpaired) electrons. The Bertz CT molecular complexity index is 793. The van der Waals surface area contributed by atoms with Crippen molar-refractivity contribution in [1.29, 1.82) is 0 Å². The lowest BCUT2D eigenvalue weighted by Gasteiger charge is -2.18. The minimum atomic E-state index is -0.467. The summed E-state index contributed by atoms with van der Waals surface area (Å²) in [5.74, 6) is 2.43. The molecule has 1 heterocycles. The molecular formula is C18H16Br2O5. The van der Waals surface area contributed by atoms with E-state index < -0.39 is 4.83 Å². The highest BCUT2D eigenvalue weighted by Crippen LogP contribution is 2.39. The van der Waals surface area contributed by atoms with Crippen LogP contribution in [0.1, 0.15) is 20.7 Å². The normalized spacial score (nSPS) is 14.7. The molecule has 0 spiro atoms. The molecule has 1 aliphatic heterocycles. The first-order valence-corrected chi connectivity index (χ1v) is 9.32. The van der Waals surface area contributed by atoms with Crippen molar-refractivity contribution in [3.8, 4) is 23.0 Å². The number of ether oxygens (including phenoxy) is 4. The SMILES string of the molecule is COc1ccc([C@H](Br)[C@H](Br)C(=O)c2ccc3c(c2)OCO3)cc1OC. The first-order valence-electron chi connectivity index (χ1n) is 7.49. The highest BCUT2D eigenvalue weighted by molar-refractivity contribution is 9.12. The van der Waals surface area contributed by atoms with Crippen LogP contribution in [-0.2, 0) is 0 Å². The summed E-state index contributed by atoms with van der Waals surface area (Å²) in [6.07, 6.45) is 0. The van der Waals surface area contributed by atoms with Crippen LogP contribution in [0.25, 0.3) is 0 Å². The number of halogens is 2. The molecule has 0 aliphatic carbocycles. The monoisotopic (exact) mass is 470 g/mol. The molecular weight excluding hydrogens is 456 g/mol. The summed E-state index contributed by atoms with van der Waals surface area (Å²) >= 11 is 7.11. The molecule has 5 nitrogen and oxygen atoms in total. The van der Waals surface area contributed by atoms with Crippen molar-refractivity contribution in [1.82, 2.24) is 0 Å². The smallest absolute Gasteiger partial charge is 0.231 e. The second-order valence-electron chi connectivity index (χ2n) is 5.35. The second kappa shape index (κ2) is 7.66. The molecule has 2 aromatic rings. The third-order valence-corrected chi connectivity index (χ3v) is 6.60. The van der Waals surface area contributed by atoms with Crippen LogP contribution in [0, 0.1) is 0 Å². The maximum atomic E-state index is 12.8. The maximum absolute atomic E-state index is 12.8. The van der Waals surface area contributed by atoms with Gasteiger partial charge in [0.25, 0.3) is 0 Å². The third-order valence-electron chi connectivity index (χ3n) is 3.89. The van der Waals surface area contributed by atoms with Gasteiger partial charge in [0.1, 0.15) is 0 Å². The van der Waals surface area contributed by atoms with E-state index in [1.165, 1.54) is 0 Å². The Hall–Kier alpha value is -1.73. The van der Waals surface area contributed by atoms with E-state index >= 15 is 0 Å². The number of hydrogen-bond acceptors (Lipinski definition) is 5. The van der Waals surface area contributed by atoms with E-state index in [1.807, 2.05) is 18.2 Å². The molecule has 25 heavy (non-hydrogen) atoms. The number of methoxy groups -OCH3 is 2. The number of alkyl halides is 2. The molecule has 2 atom stereocenters. The average Bonchev–Trinajstić information content (AvgIpc) is 3.13. The predicted molar refractivity (Wildman–Crippen MR) is 101 cm³/mol. The Morgan fingerprint density at radius 2 is 1.72 bits per heavy atom. The molecule has 0 bridgehead atoms. The Morgan fingerprint density at radius 1 is 1.00 bits per heavy atom. The summed E-state index contributed by atoms with van der Waals surface area (Å²) in [6.45, 7) is 0.178. The van der Waals surface area contributed by atoms with Gasteiger partial charge in [0.05, 0.1) is 23.9 Å². The number of benzene rings is 2. The van der Waals surface area contributed by atoms with Gasteiger partial charge in [0.2, 0.25) is 6.79 Å². The van der Waals surface area contributed by atoms with Crippen molar-refractivity contribution in [3.63, 3.8) is 0 Å². The van der Waals surface area contributed by atoms with Gasteiger partial charge in [-0.15, -0.1) is 0 Å². The first kappa shape index (κ1) is 18.1. The molecule has 0 aromatic heterocycles. The highest BCUT2D eigenvalue weighted by Gasteiger charge is 2.28. The van der Waals surface area contributed by atoms with Crippen LogP contribution < -0.4 is 18.9 Å². The zero-order valence-corrected chi connectivity index (χ0v) is 16.8. The van der Waals surface area contributed by atoms with Gasteiger partial charge in [0.15, 0.2) is 28.8 Å². The Kier molecular flexibility index (Phi) is 5.54. The van der Waals surface area contributed by atoms with Crippen molar-refractivity contribution in [3.05, 3.63) is 47.5 Å². The molecule has 0 N–H and O–H groups in total. The minimum absolute atomic E-state index is 0.0602. The van der Waals surface area contributed by atoms with Gasteiger partial charge in [-0.05, 0) is 35.9 Å². The van der Waals surface area contributed by atoms with Gasteiger partial charge in [-0.25, -0.2) is 0 Å². The van der Waals surface area contributed by atoms with Gasteiger partial charge in [-0.2, -0.15) is 0 Å². The number of rotatable bonds is 6. The third kappa shape index (κ3) is 3.62. The van der Waals surface area contributed by atoms with Crippen LogP contribution in [0.2, 0.25) is 0 Å². The van der Waals surface area contributed by atoms with E-state index in [4.69, 9.17) is 18.9 Å². The molecule has 132 valence electrons. The molecule has 0 saturated carbocycles. The van der Waals surface area contributed by atoms with Crippen molar-refractivity contribution in [2.75, 3.05) is 21.0 Å². The topological polar surface area (TPSA) is 54.0 Å². The van der Waals surface area contributed by atoms with E-state index in [-0.39, 0.29) is 17.4 Å². The zero-order valence-electron chi connectivity index (χ0n) is 13.6. The van der Waals surface area contributed by atoms with E-state index in [0.717, 1.165) is 5.56 Å². The first-order chi connectivity index (χ1) is 12.0. The number of Topliss-reactive ketones (excluding diaryl/α,β-unsaturated/α-hetero) is 1. The highest BCUT2D eigenvalue weighted by atomic mass is 79.9. The summed E-state index contributed by atoms with van der Waals surface area (Å²) in [6, 6.07) is 10.7. The lowest BCUT2D eigenvalue weighted by molar-refractivity contribution is 0.0990. The quantitative estimate of drug-likeness (QED) is 0.458. The number of carbonyl (C=O) groups excluding carboxylic acids is 1. The molecule has 3 rings (SSSR count). The lowest BCUT2D eigenvalue weighted by Crippen LogP contribution is -2.19. The number of hydrogen-bond donors (Lipinski definition) is 0. The van der Waals surface area contributed by atoms with Crippen LogP contribution in [-0.4, -0.2) is 31.6 Å². The van der Waals surface area contributed by atoms with Gasteiger partial charge < -0.3 is 18.9 Å². The molecule has 0 saturated heterocycles. The van der Waals surface area contributed by atoms with Crippen molar-refractivity contribution < 1.29 is 23.7 Å². The van der Waals surface area contributed by atoms with Crippen LogP contribution in [0.5, 0.6) is 23.0 Å². The fourth-order valence-corrected chi connectivity index (χ4v) is 3.63. The number of ketones is 1. The fourth-order valence-electron chi connectivity index (χ4n) is 2.54. The van der Waals surface area contributed by atoms with Gasteiger partial charge in [0, 0.05) is 5.56 Å². The van der Waals surface area contributed by atoms with Crippen LogP contribution >= 0.6 is 31.9 Å². The van der Waals surface area contributed by atoms with Gasteiger partial charge in [-0.1, -0.05) is 37.9 Å². The maximum Gasteiger partial charge on any atom is 0.231 e. The Morgan fingerprint density at radius 3 is 2.44 bits per heavy atom. The summed E-state index contributed by atoms with van der Waals surface area (Å²) in [7, 11) is 3.16. The van der Waals surface area contributed by atoms with Gasteiger partial charge in [-0.3, -0.25) is 4.79 Å². The summed E-state index contributed by atoms with van der Waals surface area (Å²) in [5.41, 5.74) is 1.45. The summed E-state index contributed by atoms with van der Waals surface area (Å²) in [4.78, 5) is 12.1. The number of fused-ring (bicyclic) bond motifs is 1. The summed E-state index contributed by atoms with van der Waals surface area (Å²) < 4.78 is 21.2. The van der Waals surface area contributed by atoms with Crippen LogP contribution in [0.4, 0.5) is 0 Å². The molecule has 7 heteroatoms. The van der Waals surface area contributed by atoms with E-state index in [9.17, 15) is 4.79 Å². The molecule has 2 aromatic carbocycles. The zero-order chi connectivity index (χ0) is 18.0. The van der Waals surface area contributed by atoms with Crippen LogP contribution in [0.15, 0.2) is 36.4 Å². The summed E-state index contributed by atoms with van der Waals surface area (Å²) in [5, 5.41) is 0. The van der Waals surface area contributed by atoms with Crippen molar-refractivity contribution in [2.45, 2.75) is 9.65 Å². The fraction of sp³-hybridized carbons (Fsp3) is 0.278. The van der Waals surface area contributed by atoms with Gasteiger partial charge >= 0.3 is 0 Å². The van der Waals surface area contributed by atoms with Crippen LogP contribution in [0.3, 0.4) is 0 Å². The number of carbonyl (C=O) groups is 1. The average molecular weight is 472 g/mol. The minimum Gasteiger partial charge on any atom is -0.493 e. The Balaban J connectivity index is 1.82. The molecule has 0 amide bonds. The molecule has 0 fully saturated rings. The second-order valence-corrected chi connectivity index (χ2v) is 7.32. The Labute approximate surface area is 162 Å². The van der Waals surface area contributed by atoms with E-state index in [1.54, 1.807) is 32.4 Å². The predicted octanol–water partition coefficient (Wildman–Crippen LogP) is 4.51. The van der Waals surface area contributed by atoms with E-state index in [2.05, 4.69) is 31.9 Å². The lowest BCUT2D eigenvalue weighted by atomic mass is 10.0. The largest absolute Gasteiger partial charge is 0.493 e. The molecule has 0 unspecified atom stereocenters.